The second kappa shape index (κ2) is 7.05. The Kier molecular flexibility index (Phi) is 4.31. The quantitative estimate of drug-likeness (QED) is 0.567. The van der Waals surface area contributed by atoms with Crippen LogP contribution in [0.4, 0.5) is 5.69 Å². The molecule has 30 heavy (non-hydrogen) atoms. The Bertz CT molecular complexity index is 1130. The smallest absolute Gasteiger partial charge is 0.161 e. The molecule has 3 aromatic rings. The van der Waals surface area contributed by atoms with Gasteiger partial charge in [0, 0.05) is 31.4 Å². The Morgan fingerprint density at radius 1 is 0.767 bits per heavy atom. The van der Waals surface area contributed by atoms with Crippen molar-refractivity contribution >= 4 is 27.2 Å². The largest absolute Gasteiger partial charge is 0.493 e. The molecule has 4 nitrogen and oxygen atoms in total. The Morgan fingerprint density at radius 2 is 1.50 bits per heavy atom. The average Bonchev–Trinajstić information content (AvgIpc) is 3.48. The van der Waals surface area contributed by atoms with E-state index in [2.05, 4.69) is 40.1 Å². The summed E-state index contributed by atoms with van der Waals surface area (Å²) in [6.07, 6.45) is 6.41. The van der Waals surface area contributed by atoms with Crippen LogP contribution in [-0.2, 0) is 13.0 Å². The van der Waals surface area contributed by atoms with Crippen LogP contribution in [0.1, 0.15) is 36.8 Å². The lowest BCUT2D eigenvalue weighted by Gasteiger charge is -2.33. The minimum Gasteiger partial charge on any atom is -0.493 e. The van der Waals surface area contributed by atoms with Gasteiger partial charge in [-0.2, -0.15) is 0 Å². The van der Waals surface area contributed by atoms with E-state index < -0.39 is 0 Å². The van der Waals surface area contributed by atoms with Crippen LogP contribution in [-0.4, -0.2) is 44.8 Å². The van der Waals surface area contributed by atoms with Crippen molar-refractivity contribution in [2.75, 3.05) is 38.8 Å². The summed E-state index contributed by atoms with van der Waals surface area (Å²) in [5.74, 6) is 1.64. The van der Waals surface area contributed by atoms with Crippen molar-refractivity contribution in [3.8, 4) is 11.5 Å². The Morgan fingerprint density at radius 3 is 2.27 bits per heavy atom. The normalized spacial score (nSPS) is 21.3. The monoisotopic (exact) mass is 402 g/mol. The van der Waals surface area contributed by atoms with E-state index in [1.54, 1.807) is 19.8 Å². The molecule has 4 heteroatoms. The molecule has 3 heterocycles. The Hall–Kier alpha value is -2.46. The predicted molar refractivity (Wildman–Crippen MR) is 123 cm³/mol. The van der Waals surface area contributed by atoms with Crippen molar-refractivity contribution in [3.05, 3.63) is 41.5 Å². The standard InChI is InChI=1S/C26H30N2O2/c1-29-25-14-22-20-13-18(27-9-3-4-10-27)7-8-19(20)21-12-17-6-5-11-28(17)16-24(21)23(22)15-26(25)30-2/h7-8,13-15,17H,3-6,9-12,16H2,1-2H3/t17-/m0/s1. The molecule has 0 amide bonds. The maximum Gasteiger partial charge on any atom is 0.161 e. The zero-order chi connectivity index (χ0) is 20.2. The van der Waals surface area contributed by atoms with Crippen LogP contribution in [0.2, 0.25) is 0 Å². The first-order valence-corrected chi connectivity index (χ1v) is 11.4. The zero-order valence-electron chi connectivity index (χ0n) is 18.0. The molecule has 156 valence electrons. The highest BCUT2D eigenvalue weighted by atomic mass is 16.5. The summed E-state index contributed by atoms with van der Waals surface area (Å²) < 4.78 is 11.4. The van der Waals surface area contributed by atoms with Gasteiger partial charge in [0.1, 0.15) is 0 Å². The Labute approximate surface area is 178 Å². The van der Waals surface area contributed by atoms with Crippen LogP contribution in [0.3, 0.4) is 0 Å². The highest BCUT2D eigenvalue weighted by molar-refractivity contribution is 6.12. The van der Waals surface area contributed by atoms with Gasteiger partial charge in [0.25, 0.3) is 0 Å². The SMILES string of the molecule is COc1cc2c3c(c4ccc(N5CCCC5)cc4c2cc1OC)C[C@@H]1CCCN1C3. The van der Waals surface area contributed by atoms with E-state index in [1.165, 1.54) is 84.5 Å². The molecule has 3 aromatic carbocycles. The van der Waals surface area contributed by atoms with E-state index in [0.717, 1.165) is 18.0 Å². The van der Waals surface area contributed by atoms with Gasteiger partial charge in [0.05, 0.1) is 14.2 Å². The fraction of sp³-hybridized carbons (Fsp3) is 0.462. The van der Waals surface area contributed by atoms with Gasteiger partial charge in [-0.1, -0.05) is 6.07 Å². The van der Waals surface area contributed by atoms with Crippen LogP contribution in [0.15, 0.2) is 30.3 Å². The van der Waals surface area contributed by atoms with E-state index in [9.17, 15) is 0 Å². The summed E-state index contributed by atoms with van der Waals surface area (Å²) in [5.41, 5.74) is 4.40. The second-order valence-corrected chi connectivity index (χ2v) is 9.10. The third-order valence-corrected chi connectivity index (χ3v) is 7.60. The number of ether oxygens (including phenoxy) is 2. The third-order valence-electron chi connectivity index (χ3n) is 7.60. The molecule has 1 atom stereocenters. The first-order valence-electron chi connectivity index (χ1n) is 11.4. The zero-order valence-corrected chi connectivity index (χ0v) is 18.0. The van der Waals surface area contributed by atoms with Gasteiger partial charge in [0.2, 0.25) is 0 Å². The van der Waals surface area contributed by atoms with E-state index >= 15 is 0 Å². The van der Waals surface area contributed by atoms with Crippen LogP contribution in [0.25, 0.3) is 21.5 Å². The maximum absolute atomic E-state index is 5.69. The van der Waals surface area contributed by atoms with E-state index in [0.29, 0.717) is 6.04 Å². The number of hydrogen-bond donors (Lipinski definition) is 0. The minimum atomic E-state index is 0.705. The number of benzene rings is 3. The van der Waals surface area contributed by atoms with Crippen molar-refractivity contribution in [1.29, 1.82) is 0 Å². The highest BCUT2D eigenvalue weighted by Gasteiger charge is 2.32. The number of nitrogens with zero attached hydrogens (tertiary/aromatic N) is 2. The van der Waals surface area contributed by atoms with Crippen molar-refractivity contribution < 1.29 is 9.47 Å². The van der Waals surface area contributed by atoms with Crippen LogP contribution < -0.4 is 14.4 Å². The molecular formula is C26H30N2O2. The van der Waals surface area contributed by atoms with Gasteiger partial charge in [-0.3, -0.25) is 4.90 Å². The Balaban J connectivity index is 1.65. The van der Waals surface area contributed by atoms with Crippen LogP contribution in [0, 0.1) is 0 Å². The molecule has 2 saturated heterocycles. The van der Waals surface area contributed by atoms with E-state index in [1.807, 2.05) is 0 Å². The van der Waals surface area contributed by atoms with Crippen molar-refractivity contribution in [1.82, 2.24) is 4.90 Å². The third kappa shape index (κ3) is 2.70. The van der Waals surface area contributed by atoms with Crippen LogP contribution >= 0.6 is 0 Å². The van der Waals surface area contributed by atoms with Gasteiger partial charge >= 0.3 is 0 Å². The lowest BCUT2D eigenvalue weighted by molar-refractivity contribution is 0.229. The summed E-state index contributed by atoms with van der Waals surface area (Å²) in [6.45, 7) is 4.62. The molecule has 0 unspecified atom stereocenters. The average molecular weight is 403 g/mol. The van der Waals surface area contributed by atoms with Gasteiger partial charge in [0.15, 0.2) is 11.5 Å². The lowest BCUT2D eigenvalue weighted by Crippen LogP contribution is -2.35. The molecule has 0 bridgehead atoms. The van der Waals surface area contributed by atoms with Gasteiger partial charge in [-0.25, -0.2) is 0 Å². The fourth-order valence-electron chi connectivity index (χ4n) is 6.05. The summed E-state index contributed by atoms with van der Waals surface area (Å²) in [5, 5.41) is 5.42. The molecule has 6 rings (SSSR count). The summed E-state index contributed by atoms with van der Waals surface area (Å²) >= 11 is 0. The van der Waals surface area contributed by atoms with Crippen molar-refractivity contribution in [2.45, 2.75) is 44.7 Å². The highest BCUT2D eigenvalue weighted by Crippen LogP contribution is 2.44. The van der Waals surface area contributed by atoms with Crippen molar-refractivity contribution in [2.24, 2.45) is 0 Å². The van der Waals surface area contributed by atoms with Gasteiger partial charge in [-0.15, -0.1) is 0 Å². The maximum atomic E-state index is 5.69. The number of anilines is 1. The molecule has 3 aliphatic rings. The number of methoxy groups -OCH3 is 2. The lowest BCUT2D eigenvalue weighted by atomic mass is 9.85. The summed E-state index contributed by atoms with van der Waals surface area (Å²) in [6, 6.07) is 12.3. The number of fused-ring (bicyclic) bond motifs is 7. The summed E-state index contributed by atoms with van der Waals surface area (Å²) in [4.78, 5) is 5.22. The van der Waals surface area contributed by atoms with E-state index in [-0.39, 0.29) is 0 Å². The fourth-order valence-corrected chi connectivity index (χ4v) is 6.05. The van der Waals surface area contributed by atoms with Gasteiger partial charge in [-0.05, 0) is 95.6 Å². The molecule has 2 fully saturated rings. The summed E-state index contributed by atoms with van der Waals surface area (Å²) in [7, 11) is 3.47. The van der Waals surface area contributed by atoms with E-state index in [4.69, 9.17) is 9.47 Å². The second-order valence-electron chi connectivity index (χ2n) is 9.10. The predicted octanol–water partition coefficient (Wildman–Crippen LogP) is 5.13. The molecule has 0 spiro atoms. The molecule has 3 aliphatic heterocycles. The molecule has 0 N–H and O–H groups in total. The molecule has 0 aliphatic carbocycles. The molecule has 0 aromatic heterocycles. The van der Waals surface area contributed by atoms with Gasteiger partial charge < -0.3 is 14.4 Å². The molecular weight excluding hydrogens is 372 g/mol. The molecule has 0 saturated carbocycles. The van der Waals surface area contributed by atoms with Crippen LogP contribution in [0.5, 0.6) is 11.5 Å². The molecule has 0 radical (unpaired) electrons. The minimum absolute atomic E-state index is 0.705. The van der Waals surface area contributed by atoms with Crippen molar-refractivity contribution in [3.63, 3.8) is 0 Å². The first-order chi connectivity index (χ1) is 14.8. The first kappa shape index (κ1) is 18.3. The topological polar surface area (TPSA) is 24.9 Å². The number of rotatable bonds is 3. The number of hydrogen-bond acceptors (Lipinski definition) is 4.